The van der Waals surface area contributed by atoms with Crippen molar-refractivity contribution in [1.82, 2.24) is 5.32 Å². The summed E-state index contributed by atoms with van der Waals surface area (Å²) in [5.41, 5.74) is 1.28. The number of anilines is 1. The Labute approximate surface area is 124 Å². The molecule has 0 radical (unpaired) electrons. The maximum absolute atomic E-state index is 12.0. The minimum atomic E-state index is -0.229. The van der Waals surface area contributed by atoms with E-state index in [4.69, 9.17) is 9.84 Å². The lowest BCUT2D eigenvalue weighted by atomic mass is 10.2. The first-order valence-corrected chi connectivity index (χ1v) is 7.08. The Morgan fingerprint density at radius 2 is 2.19 bits per heavy atom. The van der Waals surface area contributed by atoms with E-state index in [0.717, 1.165) is 12.8 Å². The number of hydrogen-bond acceptors (Lipinski definition) is 3. The number of methoxy groups -OCH3 is 1. The zero-order valence-electron chi connectivity index (χ0n) is 12.1. The molecule has 0 aromatic heterocycles. The number of amides is 2. The number of aliphatic hydroxyl groups excluding tert-OH is 1. The summed E-state index contributed by atoms with van der Waals surface area (Å²) in [5, 5.41) is 14.5. The fourth-order valence-electron chi connectivity index (χ4n) is 2.44. The normalized spacial score (nSPS) is 14.2. The molecule has 1 fully saturated rings. The second-order valence-corrected chi connectivity index (χ2v) is 4.95. The summed E-state index contributed by atoms with van der Waals surface area (Å²) in [7, 11) is 1.55. The van der Waals surface area contributed by atoms with Crippen molar-refractivity contribution in [3.63, 3.8) is 0 Å². The van der Waals surface area contributed by atoms with Gasteiger partial charge in [-0.3, -0.25) is 0 Å². The lowest BCUT2D eigenvalue weighted by Crippen LogP contribution is -2.36. The van der Waals surface area contributed by atoms with Crippen molar-refractivity contribution in [2.24, 2.45) is 0 Å². The van der Waals surface area contributed by atoms with Gasteiger partial charge in [0.2, 0.25) is 0 Å². The van der Waals surface area contributed by atoms with Gasteiger partial charge in [-0.05, 0) is 31.0 Å². The maximum atomic E-state index is 12.0. The predicted molar refractivity (Wildman–Crippen MR) is 81.4 cm³/mol. The van der Waals surface area contributed by atoms with Crippen LogP contribution in [0.3, 0.4) is 0 Å². The molecule has 1 saturated carbocycles. The Kier molecular flexibility index (Phi) is 5.47. The number of aliphatic hydroxyl groups is 1. The van der Waals surface area contributed by atoms with E-state index in [1.54, 1.807) is 25.3 Å². The van der Waals surface area contributed by atoms with Crippen molar-refractivity contribution in [3.8, 4) is 17.6 Å². The van der Waals surface area contributed by atoms with Crippen LogP contribution in [0.4, 0.5) is 10.5 Å². The third kappa shape index (κ3) is 4.40. The number of carbonyl (C=O) groups excluding carboxylic acids is 1. The zero-order valence-corrected chi connectivity index (χ0v) is 12.1. The monoisotopic (exact) mass is 288 g/mol. The lowest BCUT2D eigenvalue weighted by molar-refractivity contribution is 0.248. The molecule has 112 valence electrons. The summed E-state index contributed by atoms with van der Waals surface area (Å²) in [6, 6.07) is 5.28. The maximum Gasteiger partial charge on any atom is 0.319 e. The third-order valence-corrected chi connectivity index (χ3v) is 3.45. The average molecular weight is 288 g/mol. The standard InChI is InChI=1S/C16H20N2O3/c1-21-15-9-8-12(5-4-10-19)11-14(15)18-16(20)17-13-6-2-3-7-13/h8-9,11,13,19H,2-3,6-7,10H2,1H3,(H2,17,18,20). The van der Waals surface area contributed by atoms with Crippen molar-refractivity contribution >= 4 is 11.7 Å². The van der Waals surface area contributed by atoms with Gasteiger partial charge in [0.25, 0.3) is 0 Å². The number of benzene rings is 1. The van der Waals surface area contributed by atoms with Crippen LogP contribution in [0, 0.1) is 11.8 Å². The molecule has 1 aromatic rings. The Hall–Kier alpha value is -2.19. The van der Waals surface area contributed by atoms with Crippen LogP contribution in [0.15, 0.2) is 18.2 Å². The molecule has 0 heterocycles. The molecule has 1 aliphatic carbocycles. The summed E-state index contributed by atoms with van der Waals surface area (Å²) in [6.45, 7) is -0.197. The molecule has 1 aromatic carbocycles. The van der Waals surface area contributed by atoms with Crippen LogP contribution < -0.4 is 15.4 Å². The number of carbonyl (C=O) groups is 1. The van der Waals surface area contributed by atoms with E-state index < -0.39 is 0 Å². The van der Waals surface area contributed by atoms with Gasteiger partial charge in [0.1, 0.15) is 12.4 Å². The van der Waals surface area contributed by atoms with E-state index in [2.05, 4.69) is 22.5 Å². The van der Waals surface area contributed by atoms with Crippen LogP contribution >= 0.6 is 0 Å². The van der Waals surface area contributed by atoms with Gasteiger partial charge in [-0.15, -0.1) is 0 Å². The molecule has 2 amide bonds. The van der Waals surface area contributed by atoms with E-state index in [1.165, 1.54) is 12.8 Å². The van der Waals surface area contributed by atoms with Gasteiger partial charge in [-0.2, -0.15) is 0 Å². The zero-order chi connectivity index (χ0) is 15.1. The number of rotatable bonds is 3. The van der Waals surface area contributed by atoms with Crippen LogP contribution in [-0.2, 0) is 0 Å². The molecule has 0 unspecified atom stereocenters. The summed E-state index contributed by atoms with van der Waals surface area (Å²) >= 11 is 0. The van der Waals surface area contributed by atoms with Crippen LogP contribution in [-0.4, -0.2) is 30.9 Å². The second kappa shape index (κ2) is 7.55. The number of nitrogens with one attached hydrogen (secondary N) is 2. The summed E-state index contributed by atoms with van der Waals surface area (Å²) in [4.78, 5) is 12.0. The highest BCUT2D eigenvalue weighted by Crippen LogP contribution is 2.25. The van der Waals surface area contributed by atoms with Gasteiger partial charge in [0, 0.05) is 11.6 Å². The Morgan fingerprint density at radius 1 is 1.43 bits per heavy atom. The van der Waals surface area contributed by atoms with Gasteiger partial charge < -0.3 is 20.5 Å². The van der Waals surface area contributed by atoms with Gasteiger partial charge in [0.05, 0.1) is 12.8 Å². The van der Waals surface area contributed by atoms with Crippen molar-refractivity contribution in [2.75, 3.05) is 19.0 Å². The van der Waals surface area contributed by atoms with Crippen LogP contribution in [0.25, 0.3) is 0 Å². The Bertz CT molecular complexity index is 554. The Balaban J connectivity index is 2.07. The van der Waals surface area contributed by atoms with Crippen molar-refractivity contribution in [2.45, 2.75) is 31.7 Å². The second-order valence-electron chi connectivity index (χ2n) is 4.95. The highest BCUT2D eigenvalue weighted by atomic mass is 16.5. The molecular weight excluding hydrogens is 268 g/mol. The van der Waals surface area contributed by atoms with Crippen LogP contribution in [0.1, 0.15) is 31.2 Å². The predicted octanol–water partition coefficient (Wildman–Crippen LogP) is 2.10. The number of ether oxygens (including phenoxy) is 1. The van der Waals surface area contributed by atoms with Gasteiger partial charge in [-0.25, -0.2) is 4.79 Å². The molecular formula is C16H20N2O3. The average Bonchev–Trinajstić information content (AvgIpc) is 2.98. The topological polar surface area (TPSA) is 70.6 Å². The van der Waals surface area contributed by atoms with Crippen molar-refractivity contribution < 1.29 is 14.6 Å². The fraction of sp³-hybridized carbons (Fsp3) is 0.438. The molecule has 5 heteroatoms. The van der Waals surface area contributed by atoms with Crippen LogP contribution in [0.2, 0.25) is 0 Å². The molecule has 0 atom stereocenters. The first-order chi connectivity index (χ1) is 10.2. The molecule has 2 rings (SSSR count). The highest BCUT2D eigenvalue weighted by molar-refractivity contribution is 5.91. The van der Waals surface area contributed by atoms with E-state index in [0.29, 0.717) is 17.0 Å². The minimum Gasteiger partial charge on any atom is -0.495 e. The largest absolute Gasteiger partial charge is 0.495 e. The number of hydrogen-bond donors (Lipinski definition) is 3. The van der Waals surface area contributed by atoms with Crippen LogP contribution in [0.5, 0.6) is 5.75 Å². The summed E-state index contributed by atoms with van der Waals surface area (Å²) in [6.07, 6.45) is 4.40. The molecule has 0 saturated heterocycles. The first kappa shape index (κ1) is 15.2. The molecule has 21 heavy (non-hydrogen) atoms. The molecule has 5 nitrogen and oxygen atoms in total. The molecule has 0 aliphatic heterocycles. The molecule has 0 bridgehead atoms. The van der Waals surface area contributed by atoms with E-state index in [1.807, 2.05) is 0 Å². The summed E-state index contributed by atoms with van der Waals surface area (Å²) < 4.78 is 5.24. The van der Waals surface area contributed by atoms with E-state index in [-0.39, 0.29) is 18.7 Å². The van der Waals surface area contributed by atoms with Gasteiger partial charge >= 0.3 is 6.03 Å². The molecule has 1 aliphatic rings. The quantitative estimate of drug-likeness (QED) is 0.746. The van der Waals surface area contributed by atoms with E-state index >= 15 is 0 Å². The smallest absolute Gasteiger partial charge is 0.319 e. The SMILES string of the molecule is COc1ccc(C#CCO)cc1NC(=O)NC1CCCC1. The number of urea groups is 1. The van der Waals surface area contributed by atoms with Gasteiger partial charge in [-0.1, -0.05) is 24.7 Å². The lowest BCUT2D eigenvalue weighted by Gasteiger charge is -2.15. The molecule has 0 spiro atoms. The summed E-state index contributed by atoms with van der Waals surface area (Å²) in [5.74, 6) is 5.96. The third-order valence-electron chi connectivity index (χ3n) is 3.45. The molecule has 3 N–H and O–H groups in total. The fourth-order valence-corrected chi connectivity index (χ4v) is 2.44. The van der Waals surface area contributed by atoms with Gasteiger partial charge in [0.15, 0.2) is 0 Å². The van der Waals surface area contributed by atoms with E-state index in [9.17, 15) is 4.79 Å². The Morgan fingerprint density at radius 3 is 2.86 bits per heavy atom. The highest BCUT2D eigenvalue weighted by Gasteiger charge is 2.17. The first-order valence-electron chi connectivity index (χ1n) is 7.08. The minimum absolute atomic E-state index is 0.197. The van der Waals surface area contributed by atoms with Crippen molar-refractivity contribution in [1.29, 1.82) is 0 Å². The van der Waals surface area contributed by atoms with Crippen molar-refractivity contribution in [3.05, 3.63) is 23.8 Å².